The third-order valence-electron chi connectivity index (χ3n) is 3.21. The Bertz CT molecular complexity index is 475. The van der Waals surface area contributed by atoms with Crippen molar-refractivity contribution in [3.8, 4) is 0 Å². The summed E-state index contributed by atoms with van der Waals surface area (Å²) in [5.74, 6) is -2.00. The molecule has 0 aliphatic heterocycles. The zero-order chi connectivity index (χ0) is 15.0. The van der Waals surface area contributed by atoms with Gasteiger partial charge >= 0.3 is 7.12 Å². The predicted octanol–water partition coefficient (Wildman–Crippen LogP) is 1.87. The van der Waals surface area contributed by atoms with Gasteiger partial charge < -0.3 is 14.8 Å². The molecule has 0 spiro atoms. The van der Waals surface area contributed by atoms with Gasteiger partial charge in [-0.3, -0.25) is 0 Å². The number of aliphatic hydroxyl groups is 1. The van der Waals surface area contributed by atoms with Crippen LogP contribution in [0.25, 0.3) is 0 Å². The van der Waals surface area contributed by atoms with Crippen molar-refractivity contribution in [1.82, 2.24) is 0 Å². The first-order valence-corrected chi connectivity index (χ1v) is 6.07. The molecule has 0 aliphatic carbocycles. The standard InChI is InChI=1S/C12H16BClF2O3/c1-11(2,17)12(3,4)19-13(18)7-5-6-8(15)9(14)10(7)16/h5-6,17-18H,1-4H3. The minimum atomic E-state index is -1.67. The van der Waals surface area contributed by atoms with Crippen molar-refractivity contribution in [3.63, 3.8) is 0 Å². The first-order chi connectivity index (χ1) is 8.47. The molecule has 19 heavy (non-hydrogen) atoms. The molecule has 1 aromatic carbocycles. The molecule has 2 N–H and O–H groups in total. The Morgan fingerprint density at radius 1 is 1.21 bits per heavy atom. The summed E-state index contributed by atoms with van der Waals surface area (Å²) < 4.78 is 32.0. The smallest absolute Gasteiger partial charge is 0.423 e. The Hall–Kier alpha value is -0.685. The monoisotopic (exact) mass is 292 g/mol. The van der Waals surface area contributed by atoms with Crippen molar-refractivity contribution in [2.24, 2.45) is 0 Å². The molecule has 3 nitrogen and oxygen atoms in total. The van der Waals surface area contributed by atoms with Crippen molar-refractivity contribution in [2.45, 2.75) is 38.9 Å². The maximum absolute atomic E-state index is 13.7. The number of hydrogen-bond acceptors (Lipinski definition) is 3. The van der Waals surface area contributed by atoms with Crippen LogP contribution in [-0.2, 0) is 4.65 Å². The second-order valence-electron chi connectivity index (χ2n) is 5.30. The van der Waals surface area contributed by atoms with E-state index in [1.807, 2.05) is 0 Å². The minimum Gasteiger partial charge on any atom is -0.423 e. The summed E-state index contributed by atoms with van der Waals surface area (Å²) in [5.41, 5.74) is -2.71. The van der Waals surface area contributed by atoms with Crippen LogP contribution in [0, 0.1) is 11.6 Å². The van der Waals surface area contributed by atoms with Crippen LogP contribution >= 0.6 is 11.6 Å². The highest BCUT2D eigenvalue weighted by Gasteiger charge is 2.40. The topological polar surface area (TPSA) is 49.7 Å². The van der Waals surface area contributed by atoms with Crippen LogP contribution in [0.5, 0.6) is 0 Å². The first kappa shape index (κ1) is 16.4. The molecule has 0 radical (unpaired) electrons. The van der Waals surface area contributed by atoms with Crippen molar-refractivity contribution < 1.29 is 23.6 Å². The summed E-state index contributed by atoms with van der Waals surface area (Å²) >= 11 is 5.42. The molecule has 0 aliphatic rings. The third-order valence-corrected chi connectivity index (χ3v) is 3.56. The summed E-state index contributed by atoms with van der Waals surface area (Å²) in [6.07, 6.45) is 0. The molecular weight excluding hydrogens is 276 g/mol. The van der Waals surface area contributed by atoms with Gasteiger partial charge in [-0.25, -0.2) is 8.78 Å². The second-order valence-corrected chi connectivity index (χ2v) is 5.68. The molecule has 0 bridgehead atoms. The van der Waals surface area contributed by atoms with Gasteiger partial charge in [-0.1, -0.05) is 17.7 Å². The predicted molar refractivity (Wildman–Crippen MR) is 70.4 cm³/mol. The normalized spacial score (nSPS) is 12.7. The van der Waals surface area contributed by atoms with Gasteiger partial charge in [-0.15, -0.1) is 0 Å². The van der Waals surface area contributed by atoms with E-state index in [2.05, 4.69) is 0 Å². The Kier molecular flexibility index (Phi) is 4.62. The van der Waals surface area contributed by atoms with E-state index in [1.54, 1.807) is 13.8 Å². The van der Waals surface area contributed by atoms with Crippen LogP contribution in [0.2, 0.25) is 5.02 Å². The molecular formula is C12H16BClF2O3. The molecule has 1 rings (SSSR count). The fraction of sp³-hybridized carbons (Fsp3) is 0.500. The van der Waals surface area contributed by atoms with Crippen molar-refractivity contribution in [3.05, 3.63) is 28.8 Å². The SMILES string of the molecule is CC(C)(O)C(C)(C)OB(O)c1ccc(F)c(Cl)c1F. The van der Waals surface area contributed by atoms with E-state index in [-0.39, 0.29) is 5.46 Å². The van der Waals surface area contributed by atoms with Crippen molar-refractivity contribution in [1.29, 1.82) is 0 Å². The fourth-order valence-corrected chi connectivity index (χ4v) is 1.39. The molecule has 0 atom stereocenters. The Morgan fingerprint density at radius 2 is 1.74 bits per heavy atom. The third kappa shape index (κ3) is 3.45. The molecule has 7 heteroatoms. The van der Waals surface area contributed by atoms with Crippen LogP contribution in [-0.4, -0.2) is 28.5 Å². The zero-order valence-corrected chi connectivity index (χ0v) is 11.9. The minimum absolute atomic E-state index is 0.288. The molecule has 0 saturated heterocycles. The maximum atomic E-state index is 13.7. The number of hydrogen-bond donors (Lipinski definition) is 2. The molecule has 0 amide bonds. The fourth-order valence-electron chi connectivity index (χ4n) is 1.22. The van der Waals surface area contributed by atoms with Gasteiger partial charge in [-0.05, 0) is 33.8 Å². The lowest BCUT2D eigenvalue weighted by Crippen LogP contribution is -2.53. The summed E-state index contributed by atoms with van der Waals surface area (Å²) in [7, 11) is -1.67. The highest BCUT2D eigenvalue weighted by atomic mass is 35.5. The van der Waals surface area contributed by atoms with E-state index in [9.17, 15) is 18.9 Å². The van der Waals surface area contributed by atoms with Crippen LogP contribution in [0.4, 0.5) is 8.78 Å². The van der Waals surface area contributed by atoms with Crippen LogP contribution in [0.15, 0.2) is 12.1 Å². The van der Waals surface area contributed by atoms with Gasteiger partial charge in [0.1, 0.15) is 16.7 Å². The Labute approximate surface area is 116 Å². The van der Waals surface area contributed by atoms with E-state index in [0.717, 1.165) is 12.1 Å². The van der Waals surface area contributed by atoms with Crippen LogP contribution in [0.3, 0.4) is 0 Å². The Morgan fingerprint density at radius 3 is 2.21 bits per heavy atom. The van der Waals surface area contributed by atoms with Crippen LogP contribution in [0.1, 0.15) is 27.7 Å². The highest BCUT2D eigenvalue weighted by molar-refractivity contribution is 6.60. The van der Waals surface area contributed by atoms with E-state index < -0.39 is 35.0 Å². The van der Waals surface area contributed by atoms with Gasteiger partial charge in [0.05, 0.1) is 11.2 Å². The largest absolute Gasteiger partial charge is 0.494 e. The van der Waals surface area contributed by atoms with Crippen LogP contribution < -0.4 is 5.46 Å². The molecule has 106 valence electrons. The summed E-state index contributed by atoms with van der Waals surface area (Å²) in [4.78, 5) is 0. The molecule has 0 heterocycles. The number of benzene rings is 1. The maximum Gasteiger partial charge on any atom is 0.494 e. The average molecular weight is 293 g/mol. The number of rotatable bonds is 4. The van der Waals surface area contributed by atoms with Gasteiger partial charge in [-0.2, -0.15) is 0 Å². The molecule has 0 saturated carbocycles. The van der Waals surface area contributed by atoms with E-state index in [4.69, 9.17) is 16.3 Å². The van der Waals surface area contributed by atoms with Gasteiger partial charge in [0.2, 0.25) is 0 Å². The lowest BCUT2D eigenvalue weighted by Gasteiger charge is -2.38. The van der Waals surface area contributed by atoms with Crippen molar-refractivity contribution in [2.75, 3.05) is 0 Å². The van der Waals surface area contributed by atoms with Gasteiger partial charge in [0.25, 0.3) is 0 Å². The number of halogens is 3. The van der Waals surface area contributed by atoms with E-state index >= 15 is 0 Å². The molecule has 0 aromatic heterocycles. The van der Waals surface area contributed by atoms with Gasteiger partial charge in [0.15, 0.2) is 0 Å². The average Bonchev–Trinajstić information content (AvgIpc) is 2.23. The first-order valence-electron chi connectivity index (χ1n) is 5.69. The quantitative estimate of drug-likeness (QED) is 0.658. The van der Waals surface area contributed by atoms with E-state index in [1.165, 1.54) is 13.8 Å². The summed E-state index contributed by atoms with van der Waals surface area (Å²) in [6.45, 7) is 6.07. The summed E-state index contributed by atoms with van der Waals surface area (Å²) in [6, 6.07) is 1.98. The second kappa shape index (κ2) is 5.36. The Balaban J connectivity index is 3.03. The summed E-state index contributed by atoms with van der Waals surface area (Å²) in [5, 5.41) is 19.0. The molecule has 0 unspecified atom stereocenters. The zero-order valence-electron chi connectivity index (χ0n) is 11.2. The molecule has 1 aromatic rings. The van der Waals surface area contributed by atoms with Crippen molar-refractivity contribution >= 4 is 24.2 Å². The lowest BCUT2D eigenvalue weighted by atomic mass is 9.76. The molecule has 0 fully saturated rings. The van der Waals surface area contributed by atoms with E-state index in [0.29, 0.717) is 0 Å². The van der Waals surface area contributed by atoms with Gasteiger partial charge in [0, 0.05) is 5.46 Å². The lowest BCUT2D eigenvalue weighted by molar-refractivity contribution is -0.0983. The highest BCUT2D eigenvalue weighted by Crippen LogP contribution is 2.26.